The Bertz CT molecular complexity index is 637. The van der Waals surface area contributed by atoms with E-state index in [-0.39, 0.29) is 5.91 Å². The van der Waals surface area contributed by atoms with Crippen LogP contribution in [-0.2, 0) is 10.5 Å². The van der Waals surface area contributed by atoms with Crippen LogP contribution in [0.15, 0.2) is 24.3 Å². The molecule has 3 rings (SSSR count). The molecule has 3 atom stereocenters. The first-order valence-electron chi connectivity index (χ1n) is 8.35. The van der Waals surface area contributed by atoms with Gasteiger partial charge >= 0.3 is 0 Å². The third-order valence-electron chi connectivity index (χ3n) is 4.85. The van der Waals surface area contributed by atoms with Gasteiger partial charge in [-0.2, -0.15) is 0 Å². The fraction of sp³-hybridized carbons (Fsp3) is 0.556. The zero-order valence-electron chi connectivity index (χ0n) is 13.7. The van der Waals surface area contributed by atoms with E-state index in [1.165, 1.54) is 17.5 Å². The Balaban J connectivity index is 1.45. The maximum absolute atomic E-state index is 12.2. The molecule has 0 saturated heterocycles. The van der Waals surface area contributed by atoms with Crippen LogP contribution in [0.1, 0.15) is 38.1 Å². The van der Waals surface area contributed by atoms with E-state index in [9.17, 15) is 4.79 Å². The summed E-state index contributed by atoms with van der Waals surface area (Å²) in [5.74, 6) is 2.80. The van der Waals surface area contributed by atoms with Gasteiger partial charge in [0.1, 0.15) is 5.01 Å². The Morgan fingerprint density at radius 2 is 2.17 bits per heavy atom. The molecule has 1 aromatic carbocycles. The van der Waals surface area contributed by atoms with Crippen molar-refractivity contribution in [3.05, 3.63) is 29.3 Å². The van der Waals surface area contributed by atoms with Crippen molar-refractivity contribution in [1.82, 2.24) is 10.3 Å². The van der Waals surface area contributed by atoms with Crippen molar-refractivity contribution in [1.29, 1.82) is 0 Å². The summed E-state index contributed by atoms with van der Waals surface area (Å²) >= 11 is 3.38. The molecule has 1 aromatic heterocycles. The zero-order chi connectivity index (χ0) is 16.2. The molecule has 5 heteroatoms. The second-order valence-electron chi connectivity index (χ2n) is 6.51. The Morgan fingerprint density at radius 3 is 3.00 bits per heavy atom. The van der Waals surface area contributed by atoms with E-state index in [0.29, 0.717) is 23.6 Å². The van der Waals surface area contributed by atoms with Crippen LogP contribution in [0.3, 0.4) is 0 Å². The van der Waals surface area contributed by atoms with Gasteiger partial charge < -0.3 is 5.32 Å². The zero-order valence-corrected chi connectivity index (χ0v) is 15.4. The molecule has 1 aliphatic carbocycles. The van der Waals surface area contributed by atoms with Crippen LogP contribution in [0, 0.1) is 11.8 Å². The highest BCUT2D eigenvalue weighted by atomic mass is 32.2. The van der Waals surface area contributed by atoms with Crippen molar-refractivity contribution in [3.63, 3.8) is 0 Å². The predicted octanol–water partition coefficient (Wildman–Crippen LogP) is 4.47. The molecule has 0 aliphatic heterocycles. The van der Waals surface area contributed by atoms with Gasteiger partial charge in [-0.1, -0.05) is 38.8 Å². The maximum Gasteiger partial charge on any atom is 0.230 e. The van der Waals surface area contributed by atoms with Crippen LogP contribution in [0.25, 0.3) is 10.2 Å². The van der Waals surface area contributed by atoms with Gasteiger partial charge in [0.15, 0.2) is 0 Å². The van der Waals surface area contributed by atoms with E-state index in [4.69, 9.17) is 0 Å². The number of rotatable bonds is 5. The van der Waals surface area contributed by atoms with Crippen LogP contribution in [0.5, 0.6) is 0 Å². The van der Waals surface area contributed by atoms with E-state index >= 15 is 0 Å². The minimum Gasteiger partial charge on any atom is -0.352 e. The van der Waals surface area contributed by atoms with Crippen LogP contribution in [-0.4, -0.2) is 22.7 Å². The standard InChI is InChI=1S/C18H24N2OS2/c1-12-6-5-8-14(13(12)2)19-17(21)10-22-11-18-20-15-7-3-4-9-16(15)23-18/h3-4,7,9,12-14H,5-6,8,10-11H2,1-2H3,(H,19,21). The van der Waals surface area contributed by atoms with Gasteiger partial charge in [-0.3, -0.25) is 4.79 Å². The molecular formula is C18H24N2OS2. The quantitative estimate of drug-likeness (QED) is 0.867. The number of carbonyl (C=O) groups excluding carboxylic acids is 1. The second-order valence-corrected chi connectivity index (χ2v) is 8.61. The molecule has 0 radical (unpaired) electrons. The summed E-state index contributed by atoms with van der Waals surface area (Å²) in [5.41, 5.74) is 1.06. The fourth-order valence-electron chi connectivity index (χ4n) is 3.25. The number of amides is 1. The van der Waals surface area contributed by atoms with Crippen LogP contribution in [0.2, 0.25) is 0 Å². The first kappa shape index (κ1) is 16.8. The highest BCUT2D eigenvalue weighted by Crippen LogP contribution is 2.29. The number of aromatic nitrogens is 1. The first-order chi connectivity index (χ1) is 11.1. The Morgan fingerprint density at radius 1 is 1.35 bits per heavy atom. The molecular weight excluding hydrogens is 324 g/mol. The summed E-state index contributed by atoms with van der Waals surface area (Å²) < 4.78 is 1.22. The number of nitrogens with one attached hydrogen (secondary N) is 1. The minimum absolute atomic E-state index is 0.169. The molecule has 3 unspecified atom stereocenters. The van der Waals surface area contributed by atoms with Crippen molar-refractivity contribution >= 4 is 39.2 Å². The van der Waals surface area contributed by atoms with Crippen LogP contribution >= 0.6 is 23.1 Å². The lowest BCUT2D eigenvalue weighted by Gasteiger charge is -2.34. The summed E-state index contributed by atoms with van der Waals surface area (Å²) in [7, 11) is 0. The highest BCUT2D eigenvalue weighted by Gasteiger charge is 2.27. The predicted molar refractivity (Wildman–Crippen MR) is 99.9 cm³/mol. The molecule has 1 aliphatic rings. The normalized spacial score (nSPS) is 24.7. The van der Waals surface area contributed by atoms with Crippen molar-refractivity contribution in [2.75, 3.05) is 5.75 Å². The monoisotopic (exact) mass is 348 g/mol. The molecule has 124 valence electrons. The number of benzene rings is 1. The first-order valence-corrected chi connectivity index (χ1v) is 10.3. The summed E-state index contributed by atoms with van der Waals surface area (Å²) in [6.45, 7) is 4.56. The number of nitrogens with zero attached hydrogens (tertiary/aromatic N) is 1. The SMILES string of the molecule is CC1CCCC(NC(=O)CSCc2nc3ccccc3s2)C1C. The lowest BCUT2D eigenvalue weighted by molar-refractivity contribution is -0.119. The Labute approximate surface area is 146 Å². The smallest absolute Gasteiger partial charge is 0.230 e. The van der Waals surface area contributed by atoms with Gasteiger partial charge in [0.25, 0.3) is 0 Å². The number of para-hydroxylation sites is 1. The van der Waals surface area contributed by atoms with Gasteiger partial charge in [-0.05, 0) is 30.4 Å². The molecule has 3 nitrogen and oxygen atoms in total. The van der Waals surface area contributed by atoms with E-state index in [2.05, 4.69) is 30.2 Å². The lowest BCUT2D eigenvalue weighted by atomic mass is 9.78. The number of carbonyl (C=O) groups is 1. The summed E-state index contributed by atoms with van der Waals surface area (Å²) in [6.07, 6.45) is 3.65. The van der Waals surface area contributed by atoms with Crippen molar-refractivity contribution < 1.29 is 4.79 Å². The summed E-state index contributed by atoms with van der Waals surface area (Å²) in [4.78, 5) is 16.8. The number of hydrogen-bond donors (Lipinski definition) is 1. The third kappa shape index (κ3) is 4.27. The molecule has 1 saturated carbocycles. The van der Waals surface area contributed by atoms with Crippen molar-refractivity contribution in [2.24, 2.45) is 11.8 Å². The lowest BCUT2D eigenvalue weighted by Crippen LogP contribution is -2.44. The Kier molecular flexibility index (Phi) is 5.59. The van der Waals surface area contributed by atoms with Crippen molar-refractivity contribution in [3.8, 4) is 0 Å². The van der Waals surface area contributed by atoms with Gasteiger partial charge in [0.05, 0.1) is 16.0 Å². The molecule has 0 spiro atoms. The fourth-order valence-corrected chi connectivity index (χ4v) is 5.11. The average Bonchev–Trinajstić information content (AvgIpc) is 2.94. The van der Waals surface area contributed by atoms with Crippen molar-refractivity contribution in [2.45, 2.75) is 44.9 Å². The molecule has 2 aromatic rings. The topological polar surface area (TPSA) is 42.0 Å². The van der Waals surface area contributed by atoms with E-state index in [1.807, 2.05) is 18.2 Å². The van der Waals surface area contributed by atoms with Crippen LogP contribution in [0.4, 0.5) is 0 Å². The summed E-state index contributed by atoms with van der Waals surface area (Å²) in [6, 6.07) is 8.54. The van der Waals surface area contributed by atoms with Gasteiger partial charge in [-0.15, -0.1) is 23.1 Å². The van der Waals surface area contributed by atoms with E-state index in [0.717, 1.165) is 22.7 Å². The third-order valence-corrected chi connectivity index (χ3v) is 7.01. The molecule has 1 fully saturated rings. The summed E-state index contributed by atoms with van der Waals surface area (Å²) in [5, 5.41) is 4.34. The van der Waals surface area contributed by atoms with E-state index in [1.54, 1.807) is 23.1 Å². The average molecular weight is 349 g/mol. The second kappa shape index (κ2) is 7.67. The number of fused-ring (bicyclic) bond motifs is 1. The molecule has 0 bridgehead atoms. The van der Waals surface area contributed by atoms with Gasteiger partial charge in [0.2, 0.25) is 5.91 Å². The number of thiazole rings is 1. The highest BCUT2D eigenvalue weighted by molar-refractivity contribution is 7.99. The van der Waals surface area contributed by atoms with E-state index < -0.39 is 0 Å². The molecule has 1 amide bonds. The Hall–Kier alpha value is -1.07. The van der Waals surface area contributed by atoms with Crippen LogP contribution < -0.4 is 5.32 Å². The largest absolute Gasteiger partial charge is 0.352 e. The van der Waals surface area contributed by atoms with Gasteiger partial charge in [-0.25, -0.2) is 4.98 Å². The molecule has 1 N–H and O–H groups in total. The number of hydrogen-bond acceptors (Lipinski definition) is 4. The minimum atomic E-state index is 0.169. The maximum atomic E-state index is 12.2. The number of thioether (sulfide) groups is 1. The van der Waals surface area contributed by atoms with Gasteiger partial charge in [0, 0.05) is 11.8 Å². The molecule has 1 heterocycles. The molecule has 23 heavy (non-hydrogen) atoms.